The predicted molar refractivity (Wildman–Crippen MR) is 63.3 cm³/mol. The number of hydrogen-bond acceptors (Lipinski definition) is 5. The first-order valence-electron chi connectivity index (χ1n) is 5.66. The number of nitrogens with zero attached hydrogens (tertiary/aromatic N) is 2. The number of pyridine rings is 1. The maximum absolute atomic E-state index is 10.8. The van der Waals surface area contributed by atoms with Gasteiger partial charge >= 0.3 is 11.8 Å². The summed E-state index contributed by atoms with van der Waals surface area (Å²) in [5.74, 6) is -1.26. The second kappa shape index (κ2) is 4.99. The van der Waals surface area contributed by atoms with Crippen molar-refractivity contribution >= 4 is 17.5 Å². The number of rotatable bonds is 4. The molecule has 0 aliphatic heterocycles. The third kappa shape index (κ3) is 2.73. The lowest BCUT2D eigenvalue weighted by atomic mass is 10.1. The van der Waals surface area contributed by atoms with E-state index in [1.807, 2.05) is 0 Å². The normalized spacial score (nSPS) is 22.7. The summed E-state index contributed by atoms with van der Waals surface area (Å²) in [6.07, 6.45) is 3.42. The Bertz CT molecular complexity index is 460. The first kappa shape index (κ1) is 12.3. The van der Waals surface area contributed by atoms with E-state index in [9.17, 15) is 14.9 Å². The summed E-state index contributed by atoms with van der Waals surface area (Å²) in [6.45, 7) is 0. The number of aromatic nitrogens is 1. The van der Waals surface area contributed by atoms with Gasteiger partial charge in [0.25, 0.3) is 0 Å². The van der Waals surface area contributed by atoms with E-state index in [1.165, 1.54) is 12.3 Å². The Morgan fingerprint density at radius 3 is 2.78 bits per heavy atom. The minimum absolute atomic E-state index is 0.0920. The number of carboxylic acid groups (broad SMARTS) is 1. The molecule has 0 amide bonds. The molecule has 2 unspecified atom stereocenters. The van der Waals surface area contributed by atoms with Crippen LogP contribution in [0.5, 0.6) is 0 Å². The zero-order valence-corrected chi connectivity index (χ0v) is 9.57. The molecule has 96 valence electrons. The summed E-state index contributed by atoms with van der Waals surface area (Å²) < 4.78 is 0. The number of nitrogens with one attached hydrogen (secondary N) is 1. The van der Waals surface area contributed by atoms with Crippen LogP contribution < -0.4 is 5.32 Å². The molecule has 0 radical (unpaired) electrons. The Kier molecular flexibility index (Phi) is 3.40. The Hall–Kier alpha value is -2.18. The lowest BCUT2D eigenvalue weighted by Gasteiger charge is -2.12. The first-order valence-corrected chi connectivity index (χ1v) is 5.66. The van der Waals surface area contributed by atoms with E-state index in [0.29, 0.717) is 18.5 Å². The molecule has 1 aromatic rings. The third-order valence-corrected chi connectivity index (χ3v) is 3.09. The smallest absolute Gasteiger partial charge is 0.363 e. The van der Waals surface area contributed by atoms with Crippen molar-refractivity contribution in [3.63, 3.8) is 0 Å². The van der Waals surface area contributed by atoms with Crippen LogP contribution in [0.15, 0.2) is 18.3 Å². The molecule has 1 aromatic heterocycles. The van der Waals surface area contributed by atoms with Crippen LogP contribution in [0.2, 0.25) is 0 Å². The number of carbonyl (C=O) groups is 1. The highest BCUT2D eigenvalue weighted by atomic mass is 16.6. The number of aliphatic carboxylic acids is 1. The number of hydrogen-bond donors (Lipinski definition) is 2. The van der Waals surface area contributed by atoms with Gasteiger partial charge in [-0.2, -0.15) is 0 Å². The van der Waals surface area contributed by atoms with Crippen LogP contribution in [-0.4, -0.2) is 27.0 Å². The van der Waals surface area contributed by atoms with Crippen molar-refractivity contribution in [2.45, 2.75) is 25.3 Å². The highest BCUT2D eigenvalue weighted by Gasteiger charge is 2.29. The van der Waals surface area contributed by atoms with E-state index in [-0.39, 0.29) is 17.8 Å². The van der Waals surface area contributed by atoms with E-state index in [4.69, 9.17) is 5.11 Å². The first-order chi connectivity index (χ1) is 8.56. The maximum Gasteiger partial charge on any atom is 0.363 e. The molecule has 1 heterocycles. The lowest BCUT2D eigenvalue weighted by Crippen LogP contribution is -2.17. The van der Waals surface area contributed by atoms with Gasteiger partial charge < -0.3 is 20.5 Å². The van der Waals surface area contributed by atoms with Crippen LogP contribution in [0.1, 0.15) is 19.3 Å². The van der Waals surface area contributed by atoms with Crippen molar-refractivity contribution < 1.29 is 14.8 Å². The SMILES string of the molecule is O=C(O)C1CCC(Nc2ccc([N+](=O)[O-])nc2)C1. The number of carboxylic acids is 1. The maximum atomic E-state index is 10.8. The fourth-order valence-corrected chi connectivity index (χ4v) is 2.15. The molecule has 0 spiro atoms. The molecule has 1 saturated carbocycles. The summed E-state index contributed by atoms with van der Waals surface area (Å²) in [4.78, 5) is 24.4. The van der Waals surface area contributed by atoms with Crippen molar-refractivity contribution in [1.29, 1.82) is 0 Å². The van der Waals surface area contributed by atoms with E-state index in [1.54, 1.807) is 6.07 Å². The topological polar surface area (TPSA) is 105 Å². The Labute approximate surface area is 103 Å². The van der Waals surface area contributed by atoms with Gasteiger partial charge in [-0.1, -0.05) is 0 Å². The van der Waals surface area contributed by atoms with Crippen LogP contribution >= 0.6 is 0 Å². The molecule has 0 bridgehead atoms. The van der Waals surface area contributed by atoms with Gasteiger partial charge in [0.2, 0.25) is 0 Å². The van der Waals surface area contributed by atoms with Crippen LogP contribution in [0.25, 0.3) is 0 Å². The lowest BCUT2D eigenvalue weighted by molar-refractivity contribution is -0.389. The van der Waals surface area contributed by atoms with Crippen molar-refractivity contribution in [3.05, 3.63) is 28.4 Å². The number of nitro groups is 1. The molecule has 2 atom stereocenters. The minimum atomic E-state index is -0.763. The van der Waals surface area contributed by atoms with Gasteiger partial charge in [0.1, 0.15) is 0 Å². The summed E-state index contributed by atoms with van der Waals surface area (Å²) in [5.41, 5.74) is 0.677. The molecule has 1 aliphatic rings. The van der Waals surface area contributed by atoms with Gasteiger partial charge in [0.15, 0.2) is 6.20 Å². The molecule has 1 aliphatic carbocycles. The average Bonchev–Trinajstić information content (AvgIpc) is 2.78. The summed E-state index contributed by atoms with van der Waals surface area (Å²) >= 11 is 0. The molecule has 2 N–H and O–H groups in total. The molecule has 7 heteroatoms. The average molecular weight is 251 g/mol. The second-order valence-corrected chi connectivity index (χ2v) is 4.35. The van der Waals surface area contributed by atoms with E-state index >= 15 is 0 Å². The fraction of sp³-hybridized carbons (Fsp3) is 0.455. The second-order valence-electron chi connectivity index (χ2n) is 4.35. The van der Waals surface area contributed by atoms with Gasteiger partial charge in [-0.15, -0.1) is 0 Å². The summed E-state index contributed by atoms with van der Waals surface area (Å²) in [5, 5.41) is 22.5. The molecular weight excluding hydrogens is 238 g/mol. The van der Waals surface area contributed by atoms with Crippen molar-refractivity contribution in [3.8, 4) is 0 Å². The molecule has 0 saturated heterocycles. The third-order valence-electron chi connectivity index (χ3n) is 3.09. The molecule has 0 aromatic carbocycles. The van der Waals surface area contributed by atoms with E-state index < -0.39 is 10.9 Å². The number of anilines is 1. The van der Waals surface area contributed by atoms with Crippen LogP contribution in [0.4, 0.5) is 11.5 Å². The van der Waals surface area contributed by atoms with Crippen molar-refractivity contribution in [2.24, 2.45) is 5.92 Å². The molecule has 2 rings (SSSR count). The van der Waals surface area contributed by atoms with Crippen molar-refractivity contribution in [2.75, 3.05) is 5.32 Å². The minimum Gasteiger partial charge on any atom is -0.481 e. The molecular formula is C11H13N3O4. The zero-order chi connectivity index (χ0) is 13.1. The van der Waals surface area contributed by atoms with Gasteiger partial charge in [-0.3, -0.25) is 4.79 Å². The standard InChI is InChI=1S/C11H13N3O4/c15-11(16)7-1-2-8(5-7)13-9-3-4-10(12-6-9)14(17)18/h3-4,6-8,13H,1-2,5H2,(H,15,16). The molecule has 1 fully saturated rings. The Morgan fingerprint density at radius 2 is 2.28 bits per heavy atom. The summed E-state index contributed by atoms with van der Waals surface area (Å²) in [7, 11) is 0. The van der Waals surface area contributed by atoms with Crippen LogP contribution in [0.3, 0.4) is 0 Å². The highest BCUT2D eigenvalue weighted by Crippen LogP contribution is 2.28. The van der Waals surface area contributed by atoms with Crippen LogP contribution in [0, 0.1) is 16.0 Å². The van der Waals surface area contributed by atoms with E-state index in [2.05, 4.69) is 10.3 Å². The van der Waals surface area contributed by atoms with Crippen molar-refractivity contribution in [1.82, 2.24) is 4.98 Å². The van der Waals surface area contributed by atoms with Gasteiger partial charge in [-0.05, 0) is 35.2 Å². The monoisotopic (exact) mass is 251 g/mol. The Morgan fingerprint density at radius 1 is 1.50 bits per heavy atom. The summed E-state index contributed by atoms with van der Waals surface area (Å²) in [6, 6.07) is 3.00. The zero-order valence-electron chi connectivity index (χ0n) is 9.57. The van der Waals surface area contributed by atoms with Gasteiger partial charge in [-0.25, -0.2) is 0 Å². The van der Waals surface area contributed by atoms with Crippen LogP contribution in [-0.2, 0) is 4.79 Å². The largest absolute Gasteiger partial charge is 0.481 e. The molecule has 7 nitrogen and oxygen atoms in total. The quantitative estimate of drug-likeness (QED) is 0.622. The molecule has 18 heavy (non-hydrogen) atoms. The Balaban J connectivity index is 1.94. The van der Waals surface area contributed by atoms with Gasteiger partial charge in [0.05, 0.1) is 11.6 Å². The highest BCUT2D eigenvalue weighted by molar-refractivity contribution is 5.70. The fourth-order valence-electron chi connectivity index (χ4n) is 2.15. The van der Waals surface area contributed by atoms with Gasteiger partial charge in [0, 0.05) is 12.1 Å². The predicted octanol–water partition coefficient (Wildman–Crippen LogP) is 1.66. The van der Waals surface area contributed by atoms with E-state index in [0.717, 1.165) is 6.42 Å².